The minimum Gasteiger partial charge on any atom is -0.419 e. The monoisotopic (exact) mass is 481 g/mol. The zero-order chi connectivity index (χ0) is 23.6. The molecule has 0 amide bonds. The van der Waals surface area contributed by atoms with E-state index in [1.165, 1.54) is 0 Å². The molecule has 8 heteroatoms. The maximum Gasteiger partial charge on any atom is 0.247 e. The van der Waals surface area contributed by atoms with Gasteiger partial charge in [0.05, 0.1) is 4.90 Å². The van der Waals surface area contributed by atoms with Crippen molar-refractivity contribution >= 4 is 21.6 Å². The number of sulfonamides is 1. The van der Waals surface area contributed by atoms with E-state index in [1.54, 1.807) is 36.4 Å². The van der Waals surface area contributed by atoms with Gasteiger partial charge in [0.2, 0.25) is 21.8 Å². The first-order valence-electron chi connectivity index (χ1n) is 10.4. The van der Waals surface area contributed by atoms with Gasteiger partial charge in [-0.15, -0.1) is 10.2 Å². The molecule has 0 unspecified atom stereocenters. The second-order valence-corrected chi connectivity index (χ2v) is 10.8. The molecule has 0 bridgehead atoms. The van der Waals surface area contributed by atoms with Crippen molar-refractivity contribution in [3.05, 3.63) is 101 Å². The number of aromatic nitrogens is 2. The molecular weight excluding hydrogens is 458 g/mol. The lowest BCUT2D eigenvalue weighted by Gasteiger charge is -2.20. The molecule has 6 nitrogen and oxygen atoms in total. The molecule has 1 N–H and O–H groups in total. The van der Waals surface area contributed by atoms with Crippen LogP contribution in [0.5, 0.6) is 0 Å². The van der Waals surface area contributed by atoms with Gasteiger partial charge in [0.1, 0.15) is 6.04 Å². The second kappa shape index (κ2) is 9.09. The van der Waals surface area contributed by atoms with Crippen LogP contribution in [0.3, 0.4) is 0 Å². The van der Waals surface area contributed by atoms with Crippen molar-refractivity contribution in [2.45, 2.75) is 37.1 Å². The van der Waals surface area contributed by atoms with Crippen molar-refractivity contribution in [2.75, 3.05) is 0 Å². The molecule has 1 atom stereocenters. The number of halogens is 1. The molecule has 3 aromatic carbocycles. The summed E-state index contributed by atoms with van der Waals surface area (Å²) in [6.07, 6.45) is 0. The molecule has 0 saturated heterocycles. The SMILES string of the molecule is CC(C)(C)c1ccc(S(=O)(=O)N[C@@H](c2ccc(Cl)cc2)c2nnc(-c3ccccc3)o2)cc1. The standard InChI is InChI=1S/C25H24ClN3O3S/c1-25(2,3)19-11-15-21(16-12-19)33(30,31)29-22(17-9-13-20(26)14-10-17)24-28-27-23(32-24)18-7-5-4-6-8-18/h4-16,22,29H,1-3H3/t22-/m0/s1. The highest BCUT2D eigenvalue weighted by molar-refractivity contribution is 7.89. The highest BCUT2D eigenvalue weighted by atomic mass is 35.5. The van der Waals surface area contributed by atoms with Gasteiger partial charge in [-0.05, 0) is 52.9 Å². The van der Waals surface area contributed by atoms with Gasteiger partial charge in [-0.2, -0.15) is 4.72 Å². The van der Waals surface area contributed by atoms with E-state index in [2.05, 4.69) is 35.7 Å². The summed E-state index contributed by atoms with van der Waals surface area (Å²) < 4.78 is 35.1. The summed E-state index contributed by atoms with van der Waals surface area (Å²) >= 11 is 6.04. The quantitative estimate of drug-likeness (QED) is 0.378. The maximum atomic E-state index is 13.3. The largest absolute Gasteiger partial charge is 0.419 e. The lowest BCUT2D eigenvalue weighted by atomic mass is 9.87. The number of hydrogen-bond acceptors (Lipinski definition) is 5. The Kier molecular flexibility index (Phi) is 6.38. The fraction of sp³-hybridized carbons (Fsp3) is 0.200. The lowest BCUT2D eigenvalue weighted by Crippen LogP contribution is -2.30. The van der Waals surface area contributed by atoms with E-state index in [1.807, 2.05) is 42.5 Å². The summed E-state index contributed by atoms with van der Waals surface area (Å²) in [5.74, 6) is 0.435. The number of hydrogen-bond donors (Lipinski definition) is 1. The Balaban J connectivity index is 1.70. The average molecular weight is 482 g/mol. The summed E-state index contributed by atoms with van der Waals surface area (Å²) in [4.78, 5) is 0.150. The molecule has 1 aromatic heterocycles. The molecule has 0 spiro atoms. The predicted molar refractivity (Wildman–Crippen MR) is 128 cm³/mol. The number of nitrogens with one attached hydrogen (secondary N) is 1. The van der Waals surface area contributed by atoms with Crippen molar-refractivity contribution in [2.24, 2.45) is 0 Å². The van der Waals surface area contributed by atoms with Crippen LogP contribution in [0, 0.1) is 0 Å². The topological polar surface area (TPSA) is 85.1 Å². The number of nitrogens with zero attached hydrogens (tertiary/aromatic N) is 2. The summed E-state index contributed by atoms with van der Waals surface area (Å²) in [7, 11) is -3.89. The fourth-order valence-electron chi connectivity index (χ4n) is 3.32. The summed E-state index contributed by atoms with van der Waals surface area (Å²) in [5, 5.41) is 8.79. The second-order valence-electron chi connectivity index (χ2n) is 8.69. The van der Waals surface area contributed by atoms with Crippen LogP contribution < -0.4 is 4.72 Å². The first kappa shape index (κ1) is 23.2. The minimum atomic E-state index is -3.89. The van der Waals surface area contributed by atoms with Gasteiger partial charge in [-0.3, -0.25) is 0 Å². The van der Waals surface area contributed by atoms with Crippen molar-refractivity contribution in [1.29, 1.82) is 0 Å². The van der Waals surface area contributed by atoms with E-state index >= 15 is 0 Å². The molecule has 33 heavy (non-hydrogen) atoms. The van der Waals surface area contributed by atoms with Gasteiger partial charge < -0.3 is 4.42 Å². The van der Waals surface area contributed by atoms with E-state index in [0.29, 0.717) is 16.5 Å². The molecule has 0 aliphatic heterocycles. The average Bonchev–Trinajstić information content (AvgIpc) is 3.28. The van der Waals surface area contributed by atoms with E-state index in [0.717, 1.165) is 11.1 Å². The smallest absolute Gasteiger partial charge is 0.247 e. The van der Waals surface area contributed by atoms with E-state index in [4.69, 9.17) is 16.0 Å². The molecule has 0 radical (unpaired) electrons. The Morgan fingerprint density at radius 3 is 2.12 bits per heavy atom. The van der Waals surface area contributed by atoms with Crippen LogP contribution in [-0.4, -0.2) is 18.6 Å². The Hall–Kier alpha value is -3.00. The molecule has 1 heterocycles. The van der Waals surface area contributed by atoms with Gasteiger partial charge in [0.25, 0.3) is 0 Å². The van der Waals surface area contributed by atoms with E-state index in [-0.39, 0.29) is 16.2 Å². The maximum absolute atomic E-state index is 13.3. The Bertz CT molecular complexity index is 1330. The van der Waals surface area contributed by atoms with Crippen LogP contribution in [-0.2, 0) is 15.4 Å². The highest BCUT2D eigenvalue weighted by Crippen LogP contribution is 2.29. The molecule has 0 aliphatic rings. The molecular formula is C25H24ClN3O3S. The summed E-state index contributed by atoms with van der Waals surface area (Å²) in [6.45, 7) is 6.22. The fourth-order valence-corrected chi connectivity index (χ4v) is 4.63. The first-order chi connectivity index (χ1) is 15.6. The molecule has 4 rings (SSSR count). The third kappa shape index (κ3) is 5.33. The zero-order valence-corrected chi connectivity index (χ0v) is 20.1. The third-order valence-electron chi connectivity index (χ3n) is 5.22. The normalized spacial score (nSPS) is 13.1. The van der Waals surface area contributed by atoms with Gasteiger partial charge in [0.15, 0.2) is 0 Å². The molecule has 170 valence electrons. The van der Waals surface area contributed by atoms with Crippen molar-refractivity contribution in [1.82, 2.24) is 14.9 Å². The van der Waals surface area contributed by atoms with E-state index < -0.39 is 16.1 Å². The van der Waals surface area contributed by atoms with Gasteiger partial charge in [0, 0.05) is 10.6 Å². The van der Waals surface area contributed by atoms with Crippen LogP contribution >= 0.6 is 11.6 Å². The van der Waals surface area contributed by atoms with Crippen LogP contribution in [0.15, 0.2) is 88.2 Å². The van der Waals surface area contributed by atoms with E-state index in [9.17, 15) is 8.42 Å². The summed E-state index contributed by atoms with van der Waals surface area (Å²) in [5.41, 5.74) is 2.32. The van der Waals surface area contributed by atoms with Gasteiger partial charge in [-0.1, -0.05) is 74.8 Å². The number of benzene rings is 3. The molecule has 4 aromatic rings. The van der Waals surface area contributed by atoms with Crippen molar-refractivity contribution in [3.63, 3.8) is 0 Å². The Morgan fingerprint density at radius 1 is 0.879 bits per heavy atom. The zero-order valence-electron chi connectivity index (χ0n) is 18.5. The summed E-state index contributed by atoms with van der Waals surface area (Å²) in [6, 6.07) is 22.1. The van der Waals surface area contributed by atoms with Crippen LogP contribution in [0.4, 0.5) is 0 Å². The Morgan fingerprint density at radius 2 is 1.52 bits per heavy atom. The number of rotatable bonds is 6. The lowest BCUT2D eigenvalue weighted by molar-refractivity contribution is 0.464. The van der Waals surface area contributed by atoms with Gasteiger partial charge in [-0.25, -0.2) is 8.42 Å². The van der Waals surface area contributed by atoms with Crippen LogP contribution in [0.2, 0.25) is 5.02 Å². The molecule has 0 fully saturated rings. The first-order valence-corrected chi connectivity index (χ1v) is 12.3. The molecule has 0 aliphatic carbocycles. The van der Waals surface area contributed by atoms with Crippen molar-refractivity contribution in [3.8, 4) is 11.5 Å². The minimum absolute atomic E-state index is 0.0842. The Labute approximate surface area is 198 Å². The van der Waals surface area contributed by atoms with Crippen molar-refractivity contribution < 1.29 is 12.8 Å². The van der Waals surface area contributed by atoms with Crippen LogP contribution in [0.1, 0.15) is 43.8 Å². The van der Waals surface area contributed by atoms with Crippen LogP contribution in [0.25, 0.3) is 11.5 Å². The molecule has 0 saturated carbocycles. The van der Waals surface area contributed by atoms with Gasteiger partial charge >= 0.3 is 0 Å². The predicted octanol–water partition coefficient (Wildman–Crippen LogP) is 5.76. The third-order valence-corrected chi connectivity index (χ3v) is 6.91. The highest BCUT2D eigenvalue weighted by Gasteiger charge is 2.28.